The lowest BCUT2D eigenvalue weighted by molar-refractivity contribution is -0.137. The van der Waals surface area contributed by atoms with Crippen LogP contribution < -0.4 is 4.74 Å². The molecule has 1 fully saturated rings. The highest BCUT2D eigenvalue weighted by Gasteiger charge is 2.24. The number of nitrogens with one attached hydrogen (secondary N) is 1. The molecule has 1 saturated heterocycles. The Labute approximate surface area is 180 Å². The molecule has 2 amide bonds. The summed E-state index contributed by atoms with van der Waals surface area (Å²) in [6.45, 7) is 2.34. The van der Waals surface area contributed by atoms with Crippen LogP contribution in [0.4, 0.5) is 0 Å². The van der Waals surface area contributed by atoms with E-state index in [2.05, 4.69) is 4.98 Å². The predicted molar refractivity (Wildman–Crippen MR) is 119 cm³/mol. The number of ether oxygens (including phenoxy) is 1. The number of carbonyl (C=O) groups excluding carboxylic acids is 2. The zero-order valence-electron chi connectivity index (χ0n) is 17.0. The van der Waals surface area contributed by atoms with Gasteiger partial charge in [-0.05, 0) is 35.9 Å². The van der Waals surface area contributed by atoms with E-state index < -0.39 is 0 Å². The fraction of sp³-hybridized carbons (Fsp3) is 0.304. The quantitative estimate of drug-likeness (QED) is 0.619. The fourth-order valence-corrected chi connectivity index (χ4v) is 4.47. The van der Waals surface area contributed by atoms with Crippen molar-refractivity contribution in [1.82, 2.24) is 14.8 Å². The van der Waals surface area contributed by atoms with Crippen LogP contribution in [-0.4, -0.2) is 65.6 Å². The lowest BCUT2D eigenvalue weighted by Gasteiger charge is -2.34. The molecule has 1 aromatic heterocycles. The fourth-order valence-electron chi connectivity index (χ4n) is 3.67. The van der Waals surface area contributed by atoms with Crippen molar-refractivity contribution in [3.05, 3.63) is 60.3 Å². The third-order valence-corrected chi connectivity index (χ3v) is 6.42. The van der Waals surface area contributed by atoms with Gasteiger partial charge in [-0.3, -0.25) is 9.59 Å². The number of piperazine rings is 1. The average molecular weight is 424 g/mol. The number of benzene rings is 2. The zero-order chi connectivity index (χ0) is 20.9. The standard InChI is InChI=1S/C23H25N3O3S/c1-29-18-6-8-19(9-7-18)30-16-23(28)26-12-10-25(11-13-26)22(27)14-17-15-24-21-5-3-2-4-20(17)21/h2-9,15,24H,10-14,16H2,1H3. The molecule has 30 heavy (non-hydrogen) atoms. The van der Waals surface area contributed by atoms with Gasteiger partial charge in [-0.1, -0.05) is 18.2 Å². The maximum absolute atomic E-state index is 12.7. The number of fused-ring (bicyclic) bond motifs is 1. The second kappa shape index (κ2) is 9.26. The molecule has 2 heterocycles. The highest BCUT2D eigenvalue weighted by molar-refractivity contribution is 8.00. The lowest BCUT2D eigenvalue weighted by atomic mass is 10.1. The largest absolute Gasteiger partial charge is 0.497 e. The molecule has 0 aliphatic carbocycles. The first-order chi connectivity index (χ1) is 14.6. The number of para-hydroxylation sites is 1. The maximum atomic E-state index is 12.7. The monoisotopic (exact) mass is 423 g/mol. The van der Waals surface area contributed by atoms with Crippen LogP contribution in [0.25, 0.3) is 10.9 Å². The van der Waals surface area contributed by atoms with E-state index in [4.69, 9.17) is 4.74 Å². The molecule has 156 valence electrons. The molecule has 7 heteroatoms. The highest BCUT2D eigenvalue weighted by Crippen LogP contribution is 2.22. The molecule has 1 N–H and O–H groups in total. The second-order valence-corrected chi connectivity index (χ2v) is 8.31. The van der Waals surface area contributed by atoms with Gasteiger partial charge < -0.3 is 19.5 Å². The Bertz CT molecular complexity index is 1020. The summed E-state index contributed by atoms with van der Waals surface area (Å²) in [5, 5.41) is 1.09. The van der Waals surface area contributed by atoms with E-state index in [1.165, 1.54) is 11.8 Å². The zero-order valence-corrected chi connectivity index (χ0v) is 17.8. The first-order valence-corrected chi connectivity index (χ1v) is 11.0. The first kappa shape index (κ1) is 20.3. The van der Waals surface area contributed by atoms with Gasteiger partial charge in [-0.2, -0.15) is 0 Å². The van der Waals surface area contributed by atoms with Crippen molar-refractivity contribution in [2.75, 3.05) is 39.0 Å². The van der Waals surface area contributed by atoms with Crippen LogP contribution in [0.15, 0.2) is 59.6 Å². The van der Waals surface area contributed by atoms with Crippen molar-refractivity contribution < 1.29 is 14.3 Å². The van der Waals surface area contributed by atoms with Crippen molar-refractivity contribution in [3.8, 4) is 5.75 Å². The number of thioether (sulfide) groups is 1. The van der Waals surface area contributed by atoms with E-state index >= 15 is 0 Å². The lowest BCUT2D eigenvalue weighted by Crippen LogP contribution is -2.51. The first-order valence-electron chi connectivity index (χ1n) is 10.0. The summed E-state index contributed by atoms with van der Waals surface area (Å²) in [6.07, 6.45) is 2.30. The van der Waals surface area contributed by atoms with Gasteiger partial charge in [0.15, 0.2) is 0 Å². The minimum absolute atomic E-state index is 0.111. The molecular weight excluding hydrogens is 398 g/mol. The molecule has 0 atom stereocenters. The molecular formula is C23H25N3O3S. The van der Waals surface area contributed by atoms with Crippen LogP contribution in [0.3, 0.4) is 0 Å². The summed E-state index contributed by atoms with van der Waals surface area (Å²) in [4.78, 5) is 33.3. The number of hydrogen-bond acceptors (Lipinski definition) is 4. The Balaban J connectivity index is 1.25. The maximum Gasteiger partial charge on any atom is 0.233 e. The Morgan fingerprint density at radius 1 is 0.967 bits per heavy atom. The van der Waals surface area contributed by atoms with Gasteiger partial charge in [0.05, 0.1) is 19.3 Å². The van der Waals surface area contributed by atoms with E-state index in [0.29, 0.717) is 38.4 Å². The number of aromatic amines is 1. The molecule has 3 aromatic rings. The topological polar surface area (TPSA) is 65.6 Å². The summed E-state index contributed by atoms with van der Waals surface area (Å²) in [5.41, 5.74) is 2.06. The molecule has 2 aromatic carbocycles. The summed E-state index contributed by atoms with van der Waals surface area (Å²) in [6, 6.07) is 15.7. The highest BCUT2D eigenvalue weighted by atomic mass is 32.2. The van der Waals surface area contributed by atoms with Crippen molar-refractivity contribution >= 4 is 34.5 Å². The Hall–Kier alpha value is -2.93. The molecule has 0 unspecified atom stereocenters. The average Bonchev–Trinajstić information content (AvgIpc) is 3.20. The van der Waals surface area contributed by atoms with Crippen molar-refractivity contribution in [3.63, 3.8) is 0 Å². The van der Waals surface area contributed by atoms with Crippen LogP contribution in [0, 0.1) is 0 Å². The van der Waals surface area contributed by atoms with E-state index in [9.17, 15) is 9.59 Å². The number of H-pyrrole nitrogens is 1. The Morgan fingerprint density at radius 3 is 2.33 bits per heavy atom. The molecule has 0 saturated carbocycles. The van der Waals surface area contributed by atoms with Crippen LogP contribution in [0.5, 0.6) is 5.75 Å². The van der Waals surface area contributed by atoms with E-state index in [0.717, 1.165) is 27.1 Å². The van der Waals surface area contributed by atoms with Crippen LogP contribution in [0.2, 0.25) is 0 Å². The van der Waals surface area contributed by atoms with Gasteiger partial charge >= 0.3 is 0 Å². The number of aromatic nitrogens is 1. The second-order valence-electron chi connectivity index (χ2n) is 7.26. The minimum Gasteiger partial charge on any atom is -0.497 e. The SMILES string of the molecule is COc1ccc(SCC(=O)N2CCN(C(=O)Cc3c[nH]c4ccccc34)CC2)cc1. The predicted octanol–water partition coefficient (Wildman–Crippen LogP) is 3.18. The molecule has 0 radical (unpaired) electrons. The van der Waals surface area contributed by atoms with Crippen molar-refractivity contribution in [2.45, 2.75) is 11.3 Å². The van der Waals surface area contributed by atoms with Gasteiger partial charge in [0.25, 0.3) is 0 Å². The van der Waals surface area contributed by atoms with E-state index in [1.54, 1.807) is 7.11 Å². The Kier molecular flexibility index (Phi) is 6.28. The van der Waals surface area contributed by atoms with Crippen molar-refractivity contribution in [1.29, 1.82) is 0 Å². The number of rotatable bonds is 6. The molecule has 1 aliphatic rings. The van der Waals surface area contributed by atoms with Gasteiger partial charge in [0, 0.05) is 48.2 Å². The summed E-state index contributed by atoms with van der Waals surface area (Å²) in [5.74, 6) is 1.42. The van der Waals surface area contributed by atoms with Crippen LogP contribution in [-0.2, 0) is 16.0 Å². The van der Waals surface area contributed by atoms with Crippen LogP contribution in [0.1, 0.15) is 5.56 Å². The number of methoxy groups -OCH3 is 1. The van der Waals surface area contributed by atoms with Gasteiger partial charge in [0.1, 0.15) is 5.75 Å². The Morgan fingerprint density at radius 2 is 1.63 bits per heavy atom. The summed E-state index contributed by atoms with van der Waals surface area (Å²) in [7, 11) is 1.64. The number of hydrogen-bond donors (Lipinski definition) is 1. The molecule has 6 nitrogen and oxygen atoms in total. The van der Waals surface area contributed by atoms with Gasteiger partial charge in [0.2, 0.25) is 11.8 Å². The number of amides is 2. The molecule has 4 rings (SSSR count). The summed E-state index contributed by atoms with van der Waals surface area (Å²) >= 11 is 1.52. The molecule has 1 aliphatic heterocycles. The smallest absolute Gasteiger partial charge is 0.233 e. The van der Waals surface area contributed by atoms with E-state index in [-0.39, 0.29) is 11.8 Å². The molecule has 0 spiro atoms. The number of nitrogens with zero attached hydrogens (tertiary/aromatic N) is 2. The van der Waals surface area contributed by atoms with Crippen LogP contribution >= 0.6 is 11.8 Å². The normalized spacial score (nSPS) is 14.2. The third-order valence-electron chi connectivity index (χ3n) is 5.42. The van der Waals surface area contributed by atoms with E-state index in [1.807, 2.05) is 64.5 Å². The number of carbonyl (C=O) groups is 2. The van der Waals surface area contributed by atoms with Gasteiger partial charge in [-0.25, -0.2) is 0 Å². The third kappa shape index (κ3) is 4.62. The summed E-state index contributed by atoms with van der Waals surface area (Å²) < 4.78 is 5.15. The molecule has 0 bridgehead atoms. The van der Waals surface area contributed by atoms with Gasteiger partial charge in [-0.15, -0.1) is 11.8 Å². The van der Waals surface area contributed by atoms with Crippen molar-refractivity contribution in [2.24, 2.45) is 0 Å². The minimum atomic E-state index is 0.111.